The Balaban J connectivity index is 1.91. The van der Waals surface area contributed by atoms with E-state index in [9.17, 15) is 4.79 Å². The number of carbonyl (C=O) groups is 1. The molecule has 3 nitrogen and oxygen atoms in total. The van der Waals surface area contributed by atoms with Crippen molar-refractivity contribution < 1.29 is 4.79 Å². The van der Waals surface area contributed by atoms with Crippen molar-refractivity contribution in [2.24, 2.45) is 5.73 Å². The zero-order chi connectivity index (χ0) is 14.5. The number of thiophene rings is 1. The summed E-state index contributed by atoms with van der Waals surface area (Å²) in [6, 6.07) is 13.4. The molecule has 0 fully saturated rings. The monoisotopic (exact) mass is 288 g/mol. The Hall–Kier alpha value is -1.65. The van der Waals surface area contributed by atoms with E-state index in [1.807, 2.05) is 43.3 Å². The molecule has 2 aromatic rings. The Morgan fingerprint density at radius 1 is 1.25 bits per heavy atom. The van der Waals surface area contributed by atoms with E-state index in [-0.39, 0.29) is 11.9 Å². The van der Waals surface area contributed by atoms with Crippen molar-refractivity contribution in [2.75, 3.05) is 0 Å². The molecule has 4 heteroatoms. The number of carbonyl (C=O) groups excluding carboxylic acids is 1. The van der Waals surface area contributed by atoms with Crippen molar-refractivity contribution in [3.8, 4) is 0 Å². The van der Waals surface area contributed by atoms with Crippen LogP contribution in [0, 0.1) is 6.92 Å². The van der Waals surface area contributed by atoms with E-state index in [0.29, 0.717) is 6.42 Å². The Bertz CT molecular complexity index is 565. The van der Waals surface area contributed by atoms with E-state index >= 15 is 0 Å². The van der Waals surface area contributed by atoms with Gasteiger partial charge in [0.15, 0.2) is 0 Å². The average molecular weight is 288 g/mol. The smallest absolute Gasteiger partial charge is 0.237 e. The molecule has 0 aliphatic heterocycles. The minimum atomic E-state index is -0.513. The summed E-state index contributed by atoms with van der Waals surface area (Å²) in [6.45, 7) is 4.04. The quantitative estimate of drug-likeness (QED) is 0.889. The van der Waals surface area contributed by atoms with Crippen LogP contribution in [0.4, 0.5) is 0 Å². The van der Waals surface area contributed by atoms with Crippen LogP contribution in [-0.4, -0.2) is 11.9 Å². The van der Waals surface area contributed by atoms with Crippen molar-refractivity contribution in [3.63, 3.8) is 0 Å². The minimum Gasteiger partial charge on any atom is -0.347 e. The minimum absolute atomic E-state index is 0.00280. The number of nitrogens with two attached hydrogens (primary N) is 1. The summed E-state index contributed by atoms with van der Waals surface area (Å²) in [5.41, 5.74) is 7.05. The van der Waals surface area contributed by atoms with E-state index < -0.39 is 6.04 Å². The molecule has 1 unspecified atom stereocenters. The molecule has 1 aromatic heterocycles. The number of rotatable bonds is 5. The van der Waals surface area contributed by atoms with Gasteiger partial charge in [-0.2, -0.15) is 0 Å². The molecule has 0 bridgehead atoms. The van der Waals surface area contributed by atoms with Crippen LogP contribution >= 0.6 is 11.3 Å². The number of aryl methyl sites for hydroxylation is 1. The van der Waals surface area contributed by atoms with Crippen LogP contribution in [0.5, 0.6) is 0 Å². The summed E-state index contributed by atoms with van der Waals surface area (Å²) in [5, 5.41) is 2.98. The molecule has 1 aromatic carbocycles. The number of benzene rings is 1. The van der Waals surface area contributed by atoms with Crippen LogP contribution in [-0.2, 0) is 11.2 Å². The van der Waals surface area contributed by atoms with Gasteiger partial charge in [-0.1, -0.05) is 30.3 Å². The summed E-state index contributed by atoms with van der Waals surface area (Å²) < 4.78 is 0. The first-order valence-corrected chi connectivity index (χ1v) is 7.54. The predicted molar refractivity (Wildman–Crippen MR) is 83.7 cm³/mol. The molecule has 1 heterocycles. The SMILES string of the molecule is Cc1ccc(C(C)NC(=O)[C@@H](N)Cc2ccccc2)s1. The zero-order valence-corrected chi connectivity index (χ0v) is 12.6. The van der Waals surface area contributed by atoms with Crippen LogP contribution in [0.1, 0.15) is 28.3 Å². The molecule has 0 spiro atoms. The molecule has 0 saturated heterocycles. The maximum atomic E-state index is 12.1. The number of amides is 1. The zero-order valence-electron chi connectivity index (χ0n) is 11.8. The van der Waals surface area contributed by atoms with Crippen molar-refractivity contribution in [3.05, 3.63) is 57.8 Å². The lowest BCUT2D eigenvalue weighted by molar-refractivity contribution is -0.122. The third kappa shape index (κ3) is 3.92. The van der Waals surface area contributed by atoms with E-state index in [1.165, 1.54) is 4.88 Å². The molecule has 2 rings (SSSR count). The molecule has 1 amide bonds. The largest absolute Gasteiger partial charge is 0.347 e. The summed E-state index contributed by atoms with van der Waals surface area (Å²) >= 11 is 1.70. The van der Waals surface area contributed by atoms with E-state index in [4.69, 9.17) is 5.73 Å². The fourth-order valence-electron chi connectivity index (χ4n) is 2.04. The molecule has 3 N–H and O–H groups in total. The molecular formula is C16H20N2OS. The maximum Gasteiger partial charge on any atom is 0.237 e. The van der Waals surface area contributed by atoms with Gasteiger partial charge < -0.3 is 11.1 Å². The second-order valence-corrected chi connectivity index (χ2v) is 6.29. The molecule has 0 aliphatic carbocycles. The van der Waals surface area contributed by atoms with Crippen LogP contribution in [0.25, 0.3) is 0 Å². The maximum absolute atomic E-state index is 12.1. The van der Waals surface area contributed by atoms with Gasteiger partial charge in [-0.3, -0.25) is 4.79 Å². The van der Waals surface area contributed by atoms with Crippen LogP contribution in [0.2, 0.25) is 0 Å². The van der Waals surface area contributed by atoms with Gasteiger partial charge in [0.25, 0.3) is 0 Å². The summed E-state index contributed by atoms with van der Waals surface area (Å²) in [5.74, 6) is -0.104. The summed E-state index contributed by atoms with van der Waals surface area (Å²) in [7, 11) is 0. The number of hydrogen-bond acceptors (Lipinski definition) is 3. The van der Waals surface area contributed by atoms with E-state index in [0.717, 1.165) is 10.4 Å². The third-order valence-electron chi connectivity index (χ3n) is 3.18. The molecule has 0 saturated carbocycles. The molecular weight excluding hydrogens is 268 g/mol. The molecule has 2 atom stereocenters. The first-order valence-electron chi connectivity index (χ1n) is 6.72. The highest BCUT2D eigenvalue weighted by Crippen LogP contribution is 2.22. The normalized spacial score (nSPS) is 13.8. The molecule has 106 valence electrons. The fourth-order valence-corrected chi connectivity index (χ4v) is 2.92. The van der Waals surface area contributed by atoms with Crippen molar-refractivity contribution in [1.29, 1.82) is 0 Å². The second-order valence-electron chi connectivity index (χ2n) is 4.97. The van der Waals surface area contributed by atoms with Gasteiger partial charge in [-0.05, 0) is 38.0 Å². The topological polar surface area (TPSA) is 55.1 Å². The van der Waals surface area contributed by atoms with Crippen molar-refractivity contribution in [1.82, 2.24) is 5.32 Å². The Morgan fingerprint density at radius 3 is 2.55 bits per heavy atom. The Labute approximate surface area is 123 Å². The van der Waals surface area contributed by atoms with Crippen molar-refractivity contribution >= 4 is 17.2 Å². The number of nitrogens with one attached hydrogen (secondary N) is 1. The first kappa shape index (κ1) is 14.8. The second kappa shape index (κ2) is 6.68. The van der Waals surface area contributed by atoms with Crippen molar-refractivity contribution in [2.45, 2.75) is 32.4 Å². The van der Waals surface area contributed by atoms with Crippen LogP contribution in [0.15, 0.2) is 42.5 Å². The lowest BCUT2D eigenvalue weighted by Crippen LogP contribution is -2.42. The van der Waals surface area contributed by atoms with Gasteiger partial charge >= 0.3 is 0 Å². The van der Waals surface area contributed by atoms with Gasteiger partial charge in [0.05, 0.1) is 12.1 Å². The fraction of sp³-hybridized carbons (Fsp3) is 0.312. The molecule has 0 aliphatic rings. The lowest BCUT2D eigenvalue weighted by Gasteiger charge is -2.16. The van der Waals surface area contributed by atoms with Gasteiger partial charge in [-0.25, -0.2) is 0 Å². The van der Waals surface area contributed by atoms with Gasteiger partial charge in [0.1, 0.15) is 0 Å². The lowest BCUT2D eigenvalue weighted by atomic mass is 10.1. The van der Waals surface area contributed by atoms with Gasteiger partial charge in [0.2, 0.25) is 5.91 Å². The molecule has 20 heavy (non-hydrogen) atoms. The molecule has 0 radical (unpaired) electrons. The van der Waals surface area contributed by atoms with Gasteiger partial charge in [-0.15, -0.1) is 11.3 Å². The Kier molecular flexibility index (Phi) is 4.93. The van der Waals surface area contributed by atoms with E-state index in [1.54, 1.807) is 11.3 Å². The highest BCUT2D eigenvalue weighted by molar-refractivity contribution is 7.12. The standard InChI is InChI=1S/C16H20N2OS/c1-11-8-9-15(20-11)12(2)18-16(19)14(17)10-13-6-4-3-5-7-13/h3-9,12,14H,10,17H2,1-2H3,(H,18,19)/t12?,14-/m0/s1. The third-order valence-corrected chi connectivity index (χ3v) is 4.37. The number of hydrogen-bond donors (Lipinski definition) is 2. The highest BCUT2D eigenvalue weighted by atomic mass is 32.1. The summed E-state index contributed by atoms with van der Waals surface area (Å²) in [4.78, 5) is 14.5. The average Bonchev–Trinajstić information content (AvgIpc) is 2.86. The first-order chi connectivity index (χ1) is 9.56. The van der Waals surface area contributed by atoms with Crippen LogP contribution < -0.4 is 11.1 Å². The van der Waals surface area contributed by atoms with Crippen LogP contribution in [0.3, 0.4) is 0 Å². The van der Waals surface area contributed by atoms with E-state index in [2.05, 4.69) is 18.3 Å². The van der Waals surface area contributed by atoms with Gasteiger partial charge in [0, 0.05) is 9.75 Å². The highest BCUT2D eigenvalue weighted by Gasteiger charge is 2.17. The Morgan fingerprint density at radius 2 is 1.95 bits per heavy atom. The predicted octanol–water partition coefficient (Wildman–Crippen LogP) is 2.80. The summed E-state index contributed by atoms with van der Waals surface area (Å²) in [6.07, 6.45) is 0.558.